The van der Waals surface area contributed by atoms with Gasteiger partial charge in [0.25, 0.3) is 0 Å². The van der Waals surface area contributed by atoms with E-state index < -0.39 is 30.5 Å². The normalized spacial score (nSPS) is 41.1. The second-order valence-corrected chi connectivity index (χ2v) is 8.30. The van der Waals surface area contributed by atoms with Crippen LogP contribution in [0.2, 0.25) is 3.46 Å². The molecule has 2 heterocycles. The summed E-state index contributed by atoms with van der Waals surface area (Å²) in [7, 11) is 0. The fraction of sp³-hybridized carbons (Fsp3) is 0.800. The number of aliphatic hydroxyl groups excluding tert-OH is 1. The predicted molar refractivity (Wildman–Crippen MR) is 55.4 cm³/mol. The van der Waals surface area contributed by atoms with Crippen LogP contribution in [0.4, 0.5) is 0 Å². The number of β-lactam (4-membered cyclic amide) rings is 1. The van der Waals surface area contributed by atoms with Crippen molar-refractivity contribution >= 4 is 30.7 Å². The molecule has 0 bridgehead atoms. The molecule has 1 unspecified atom stereocenters. The second kappa shape index (κ2) is 3.44. The van der Waals surface area contributed by atoms with E-state index >= 15 is 0 Å². The summed E-state index contributed by atoms with van der Waals surface area (Å²) in [5, 5.41) is 12.9. The third-order valence-electron chi connectivity index (χ3n) is 3.32. The third kappa shape index (κ3) is 1.30. The van der Waals surface area contributed by atoms with Crippen LogP contribution in [0.15, 0.2) is 0 Å². The number of hydrogen-bond donors (Lipinski definition) is 2. The Morgan fingerprint density at radius 3 is 2.47 bits per heavy atom. The molecule has 0 aliphatic carbocycles. The van der Waals surface area contributed by atoms with Crippen LogP contribution in [0.1, 0.15) is 20.8 Å². The summed E-state index contributed by atoms with van der Waals surface area (Å²) in [6, 6.07) is -0.0997. The summed E-state index contributed by atoms with van der Waals surface area (Å²) in [4.78, 5) is 23.3. The number of carbonyl (C=O) groups excluding carboxylic acids is 2. The van der Waals surface area contributed by atoms with Gasteiger partial charge in [-0.1, -0.05) is 0 Å². The Hall–Kier alpha value is -0.110. The first kappa shape index (κ1) is 11.4. The van der Waals surface area contributed by atoms with Crippen LogP contribution in [-0.4, -0.2) is 47.9 Å². The molecule has 4 atom stereocenters. The zero-order valence-corrected chi connectivity index (χ0v) is 11.3. The van der Waals surface area contributed by atoms with Crippen LogP contribution in [0, 0.1) is 11.8 Å². The molecule has 0 aromatic carbocycles. The number of amides is 1. The first-order chi connectivity index (χ1) is 6.91. The molecule has 0 aromatic heterocycles. The molecule has 2 N–H and O–H groups in total. The van der Waals surface area contributed by atoms with Crippen molar-refractivity contribution in [2.75, 3.05) is 0 Å². The standard InChI is InChI=1S/C10H15NO3Te/c1-4(2)7(12)10-6(11-9(10)14)5(3)8(13)15-10/h4-7,12H,1-3H3,(H,11,14)/t5?,6-,7-,10-/m0/s1. The zero-order chi connectivity index (χ0) is 11.4. The quantitative estimate of drug-likeness (QED) is 0.534. The molecule has 84 valence electrons. The van der Waals surface area contributed by atoms with Crippen LogP contribution >= 0.6 is 0 Å². The summed E-state index contributed by atoms with van der Waals surface area (Å²) in [5.74, 6) is -0.172. The fourth-order valence-electron chi connectivity index (χ4n) is 2.30. The van der Waals surface area contributed by atoms with Gasteiger partial charge in [-0.15, -0.1) is 0 Å². The Labute approximate surface area is 98.9 Å². The number of fused-ring (bicyclic) bond motifs is 1. The molecule has 2 rings (SSSR count). The van der Waals surface area contributed by atoms with E-state index in [-0.39, 0.29) is 27.6 Å². The minimum atomic E-state index is -1.07. The third-order valence-corrected chi connectivity index (χ3v) is 7.86. The first-order valence-electron chi connectivity index (χ1n) is 5.13. The van der Waals surface area contributed by atoms with E-state index in [9.17, 15) is 14.7 Å². The van der Waals surface area contributed by atoms with Crippen molar-refractivity contribution in [3.8, 4) is 0 Å². The second-order valence-electron chi connectivity index (χ2n) is 4.64. The van der Waals surface area contributed by atoms with Crippen molar-refractivity contribution in [1.82, 2.24) is 5.32 Å². The number of rotatable bonds is 2. The SMILES string of the molecule is CC(C)[C@H](O)[C@@]12[Te]C(=O)C(C)[C@@H]1NC2=O. The molecule has 2 aliphatic heterocycles. The maximum atomic E-state index is 11.7. The molecule has 0 radical (unpaired) electrons. The Bertz CT molecular complexity index is 331. The van der Waals surface area contributed by atoms with Gasteiger partial charge in [-0.3, -0.25) is 0 Å². The number of aliphatic hydroxyl groups is 1. The van der Waals surface area contributed by atoms with Gasteiger partial charge in [0.2, 0.25) is 0 Å². The molecule has 0 spiro atoms. The van der Waals surface area contributed by atoms with Crippen molar-refractivity contribution in [3.05, 3.63) is 0 Å². The summed E-state index contributed by atoms with van der Waals surface area (Å²) in [6.07, 6.45) is -0.660. The van der Waals surface area contributed by atoms with Crippen LogP contribution in [0.25, 0.3) is 0 Å². The summed E-state index contributed by atoms with van der Waals surface area (Å²) >= 11 is -1.07. The van der Waals surface area contributed by atoms with Crippen molar-refractivity contribution < 1.29 is 14.7 Å². The molecular formula is C10H15NO3Te. The summed E-state index contributed by atoms with van der Waals surface area (Å²) in [6.45, 7) is 5.64. The van der Waals surface area contributed by atoms with Crippen molar-refractivity contribution in [3.63, 3.8) is 0 Å². The van der Waals surface area contributed by atoms with Gasteiger partial charge in [-0.2, -0.15) is 0 Å². The van der Waals surface area contributed by atoms with Crippen LogP contribution in [-0.2, 0) is 9.59 Å². The monoisotopic (exact) mass is 327 g/mol. The first-order valence-corrected chi connectivity index (χ1v) is 7.46. The predicted octanol–water partition coefficient (Wildman–Crippen LogP) is -0.459. The summed E-state index contributed by atoms with van der Waals surface area (Å²) < 4.78 is -0.487. The van der Waals surface area contributed by atoms with Crippen LogP contribution < -0.4 is 5.32 Å². The van der Waals surface area contributed by atoms with E-state index in [0.29, 0.717) is 0 Å². The van der Waals surface area contributed by atoms with E-state index in [1.54, 1.807) is 0 Å². The zero-order valence-electron chi connectivity index (χ0n) is 8.98. The molecule has 0 aromatic rings. The molecule has 4 nitrogen and oxygen atoms in total. The van der Waals surface area contributed by atoms with Gasteiger partial charge in [0.1, 0.15) is 0 Å². The van der Waals surface area contributed by atoms with E-state index in [4.69, 9.17) is 0 Å². The molecule has 2 fully saturated rings. The molecular weight excluding hydrogens is 310 g/mol. The van der Waals surface area contributed by atoms with Gasteiger partial charge in [0.15, 0.2) is 0 Å². The number of hydrogen-bond acceptors (Lipinski definition) is 3. The van der Waals surface area contributed by atoms with Gasteiger partial charge >= 0.3 is 98.9 Å². The van der Waals surface area contributed by atoms with Gasteiger partial charge in [0, 0.05) is 0 Å². The average Bonchev–Trinajstić information content (AvgIpc) is 2.37. The van der Waals surface area contributed by atoms with Crippen LogP contribution in [0.3, 0.4) is 0 Å². The van der Waals surface area contributed by atoms with Crippen molar-refractivity contribution in [2.45, 2.75) is 36.4 Å². The maximum absolute atomic E-state index is 11.7. The van der Waals surface area contributed by atoms with Crippen LogP contribution in [0.5, 0.6) is 0 Å². The Morgan fingerprint density at radius 1 is 1.47 bits per heavy atom. The minimum absolute atomic E-state index is 0.0294. The average molecular weight is 325 g/mol. The van der Waals surface area contributed by atoms with E-state index in [1.165, 1.54) is 0 Å². The topological polar surface area (TPSA) is 66.4 Å². The van der Waals surface area contributed by atoms with E-state index in [1.807, 2.05) is 20.8 Å². The molecule has 2 aliphatic rings. The fourth-order valence-corrected chi connectivity index (χ4v) is 6.84. The number of carbonyl (C=O) groups is 2. The number of nitrogens with one attached hydrogen (secondary N) is 1. The Morgan fingerprint density at radius 2 is 2.07 bits per heavy atom. The van der Waals surface area contributed by atoms with Crippen molar-refractivity contribution in [2.24, 2.45) is 11.8 Å². The summed E-state index contributed by atoms with van der Waals surface area (Å²) in [5.41, 5.74) is 0. The molecule has 1 amide bonds. The van der Waals surface area contributed by atoms with Crippen molar-refractivity contribution in [1.29, 1.82) is 0 Å². The van der Waals surface area contributed by atoms with Gasteiger partial charge in [0.05, 0.1) is 0 Å². The Kier molecular flexibility index (Phi) is 2.61. The molecule has 2 saturated heterocycles. The molecule has 5 heteroatoms. The van der Waals surface area contributed by atoms with Gasteiger partial charge in [-0.05, 0) is 0 Å². The van der Waals surface area contributed by atoms with Gasteiger partial charge in [-0.25, -0.2) is 0 Å². The van der Waals surface area contributed by atoms with Gasteiger partial charge < -0.3 is 0 Å². The van der Waals surface area contributed by atoms with E-state index in [0.717, 1.165) is 0 Å². The molecule has 0 saturated carbocycles. The Balaban J connectivity index is 2.33. The molecule has 15 heavy (non-hydrogen) atoms. The van der Waals surface area contributed by atoms with E-state index in [2.05, 4.69) is 5.32 Å².